The van der Waals surface area contributed by atoms with Crippen LogP contribution >= 0.6 is 11.3 Å². The molecule has 2 aromatic heterocycles. The van der Waals surface area contributed by atoms with Gasteiger partial charge in [-0.15, -0.1) is 11.3 Å². The monoisotopic (exact) mass is 506 g/mol. The number of rotatable bonds is 6. The van der Waals surface area contributed by atoms with Gasteiger partial charge >= 0.3 is 12.1 Å². The molecule has 2 heterocycles. The number of carbonyl (C=O) groups excluding carboxylic acids is 1. The van der Waals surface area contributed by atoms with E-state index in [0.29, 0.717) is 23.4 Å². The number of carboxylic acid groups (broad SMARTS) is 2. The molecule has 186 valence electrons. The first-order valence-corrected chi connectivity index (χ1v) is 12.5. The van der Waals surface area contributed by atoms with E-state index in [0.717, 1.165) is 46.7 Å². The highest BCUT2D eigenvalue weighted by atomic mass is 32.1. The molecule has 36 heavy (non-hydrogen) atoms. The van der Waals surface area contributed by atoms with E-state index in [9.17, 15) is 19.5 Å². The van der Waals surface area contributed by atoms with Crippen molar-refractivity contribution in [1.29, 1.82) is 0 Å². The molecular formula is C26H26N4O5S. The van der Waals surface area contributed by atoms with Crippen LogP contribution in [0.2, 0.25) is 0 Å². The van der Waals surface area contributed by atoms with Crippen molar-refractivity contribution in [3.8, 4) is 0 Å². The maximum atomic E-state index is 13.4. The SMILES string of the molecule is N[C@H]1CC[C@H](NC(=O)c2cc3ccc(NC(=O)O)cc3n2Cc2cccc3sc(C(=O)O)cc23)CC1. The third-order valence-corrected chi connectivity index (χ3v) is 7.77. The molecule has 0 aliphatic heterocycles. The van der Waals surface area contributed by atoms with E-state index in [2.05, 4.69) is 10.6 Å². The molecule has 2 amide bonds. The van der Waals surface area contributed by atoms with E-state index in [1.807, 2.05) is 22.8 Å². The predicted octanol–water partition coefficient (Wildman–Crippen LogP) is 4.69. The molecule has 0 radical (unpaired) electrons. The molecule has 0 atom stereocenters. The number of thiophene rings is 1. The van der Waals surface area contributed by atoms with Crippen LogP contribution in [0.25, 0.3) is 21.0 Å². The first-order chi connectivity index (χ1) is 17.3. The first kappa shape index (κ1) is 23.8. The Morgan fingerprint density at radius 1 is 1.03 bits per heavy atom. The van der Waals surface area contributed by atoms with E-state index >= 15 is 0 Å². The Labute approximate surface area is 210 Å². The summed E-state index contributed by atoms with van der Waals surface area (Å²) in [7, 11) is 0. The fourth-order valence-electron chi connectivity index (χ4n) is 4.87. The van der Waals surface area contributed by atoms with Gasteiger partial charge in [-0.1, -0.05) is 18.2 Å². The number of amides is 2. The van der Waals surface area contributed by atoms with Crippen LogP contribution in [0.15, 0.2) is 48.5 Å². The van der Waals surface area contributed by atoms with E-state index < -0.39 is 12.1 Å². The zero-order valence-electron chi connectivity index (χ0n) is 19.4. The second-order valence-electron chi connectivity index (χ2n) is 9.15. The molecule has 0 spiro atoms. The highest BCUT2D eigenvalue weighted by Crippen LogP contribution is 2.31. The summed E-state index contributed by atoms with van der Waals surface area (Å²) in [5.41, 5.74) is 8.42. The number of anilines is 1. The second kappa shape index (κ2) is 9.63. The molecule has 1 aliphatic carbocycles. The lowest BCUT2D eigenvalue weighted by atomic mass is 9.92. The molecule has 1 aliphatic rings. The summed E-state index contributed by atoms with van der Waals surface area (Å²) in [6.07, 6.45) is 2.21. The summed E-state index contributed by atoms with van der Waals surface area (Å²) in [6, 6.07) is 14.5. The number of aromatic carboxylic acids is 1. The molecule has 5 rings (SSSR count). The van der Waals surface area contributed by atoms with Crippen molar-refractivity contribution in [1.82, 2.24) is 9.88 Å². The van der Waals surface area contributed by atoms with Crippen molar-refractivity contribution < 1.29 is 24.6 Å². The van der Waals surface area contributed by atoms with Gasteiger partial charge < -0.3 is 25.8 Å². The van der Waals surface area contributed by atoms with Gasteiger partial charge in [-0.25, -0.2) is 9.59 Å². The summed E-state index contributed by atoms with van der Waals surface area (Å²) >= 11 is 1.21. The van der Waals surface area contributed by atoms with Crippen LogP contribution in [0.1, 0.15) is 51.4 Å². The number of hydrogen-bond acceptors (Lipinski definition) is 5. The topological polar surface area (TPSA) is 147 Å². The Balaban J connectivity index is 1.57. The van der Waals surface area contributed by atoms with E-state index in [1.54, 1.807) is 30.3 Å². The van der Waals surface area contributed by atoms with Crippen molar-refractivity contribution in [2.24, 2.45) is 5.73 Å². The quantitative estimate of drug-likeness (QED) is 0.256. The number of nitrogens with zero attached hydrogens (tertiary/aromatic N) is 1. The zero-order chi connectivity index (χ0) is 25.4. The Hall–Kier alpha value is -3.89. The van der Waals surface area contributed by atoms with Gasteiger partial charge in [0.2, 0.25) is 0 Å². The number of carboxylic acids is 1. The summed E-state index contributed by atoms with van der Waals surface area (Å²) < 4.78 is 2.71. The van der Waals surface area contributed by atoms with E-state index in [1.165, 1.54) is 11.3 Å². The summed E-state index contributed by atoms with van der Waals surface area (Å²) in [4.78, 5) is 36.4. The number of nitrogens with two attached hydrogens (primary N) is 1. The molecular weight excluding hydrogens is 480 g/mol. The Kier molecular flexibility index (Phi) is 6.38. The fourth-order valence-corrected chi connectivity index (χ4v) is 5.82. The zero-order valence-corrected chi connectivity index (χ0v) is 20.2. The molecule has 2 aromatic carbocycles. The number of hydrogen-bond donors (Lipinski definition) is 5. The lowest BCUT2D eigenvalue weighted by molar-refractivity contribution is 0.0701. The molecule has 4 aromatic rings. The van der Waals surface area contributed by atoms with E-state index in [-0.39, 0.29) is 22.9 Å². The van der Waals surface area contributed by atoms with Crippen LogP contribution in [0.5, 0.6) is 0 Å². The molecule has 0 bridgehead atoms. The maximum Gasteiger partial charge on any atom is 0.409 e. The van der Waals surface area contributed by atoms with Gasteiger partial charge in [0.25, 0.3) is 5.91 Å². The maximum absolute atomic E-state index is 13.4. The summed E-state index contributed by atoms with van der Waals surface area (Å²) in [6.45, 7) is 0.311. The number of nitrogens with one attached hydrogen (secondary N) is 2. The Morgan fingerprint density at radius 2 is 1.81 bits per heavy atom. The Bertz CT molecular complexity index is 1480. The largest absolute Gasteiger partial charge is 0.477 e. The van der Waals surface area contributed by atoms with Gasteiger partial charge in [-0.05, 0) is 67.0 Å². The highest BCUT2D eigenvalue weighted by Gasteiger charge is 2.24. The lowest BCUT2D eigenvalue weighted by Crippen LogP contribution is -2.41. The minimum absolute atomic E-state index is 0.0476. The van der Waals surface area contributed by atoms with Crippen molar-refractivity contribution in [3.05, 3.63) is 64.7 Å². The third kappa shape index (κ3) is 4.77. The minimum atomic E-state index is -1.18. The number of aromatic nitrogens is 1. The van der Waals surface area contributed by atoms with E-state index in [4.69, 9.17) is 10.8 Å². The molecule has 1 fully saturated rings. The van der Waals surface area contributed by atoms with Gasteiger partial charge in [-0.2, -0.15) is 0 Å². The van der Waals surface area contributed by atoms with Crippen molar-refractivity contribution in [2.45, 2.75) is 44.3 Å². The van der Waals surface area contributed by atoms with Crippen molar-refractivity contribution >= 4 is 56.0 Å². The number of carbonyl (C=O) groups is 3. The average Bonchev–Trinajstić information content (AvgIpc) is 3.43. The molecule has 9 nitrogen and oxygen atoms in total. The molecule has 1 saturated carbocycles. The molecule has 0 saturated heterocycles. The van der Waals surface area contributed by atoms with Crippen LogP contribution < -0.4 is 16.4 Å². The molecule has 0 unspecified atom stereocenters. The normalized spacial score (nSPS) is 17.8. The molecule has 6 N–H and O–H groups in total. The highest BCUT2D eigenvalue weighted by molar-refractivity contribution is 7.20. The third-order valence-electron chi connectivity index (χ3n) is 6.69. The minimum Gasteiger partial charge on any atom is -0.477 e. The first-order valence-electron chi connectivity index (χ1n) is 11.7. The standard InChI is InChI=1S/C26H26N4O5S/c27-16-5-8-17(9-6-16)28-24(31)21-10-14-4-7-18(29-26(34)35)11-20(14)30(21)13-15-2-1-3-22-19(15)12-23(36-22)25(32)33/h1-4,7,10-12,16-17,29H,5-6,8-9,13,27H2,(H,28,31)(H,32,33)(H,34,35)/t16-,17-. The molecule has 10 heteroatoms. The summed E-state index contributed by atoms with van der Waals surface area (Å²) in [5.74, 6) is -1.19. The van der Waals surface area contributed by atoms with Crippen LogP contribution in [-0.4, -0.2) is 44.8 Å². The van der Waals surface area contributed by atoms with Gasteiger partial charge in [0.15, 0.2) is 0 Å². The average molecular weight is 507 g/mol. The fraction of sp³-hybridized carbons (Fsp3) is 0.269. The van der Waals surface area contributed by atoms with Gasteiger partial charge in [0.1, 0.15) is 10.6 Å². The Morgan fingerprint density at radius 3 is 2.53 bits per heavy atom. The van der Waals surface area contributed by atoms with Gasteiger partial charge in [-0.3, -0.25) is 10.1 Å². The summed E-state index contributed by atoms with van der Waals surface area (Å²) in [5, 5.41) is 25.7. The second-order valence-corrected chi connectivity index (χ2v) is 10.2. The van der Waals surface area contributed by atoms with Crippen LogP contribution in [-0.2, 0) is 6.54 Å². The van der Waals surface area contributed by atoms with Crippen molar-refractivity contribution in [3.63, 3.8) is 0 Å². The van der Waals surface area contributed by atoms with Crippen LogP contribution in [0.3, 0.4) is 0 Å². The van der Waals surface area contributed by atoms with Crippen LogP contribution in [0, 0.1) is 0 Å². The predicted molar refractivity (Wildman–Crippen MR) is 139 cm³/mol. The van der Waals surface area contributed by atoms with Crippen molar-refractivity contribution in [2.75, 3.05) is 5.32 Å². The van der Waals surface area contributed by atoms with Gasteiger partial charge in [0, 0.05) is 34.4 Å². The lowest BCUT2D eigenvalue weighted by Gasteiger charge is -2.27. The van der Waals surface area contributed by atoms with Gasteiger partial charge in [0.05, 0.1) is 5.52 Å². The van der Waals surface area contributed by atoms with Crippen LogP contribution in [0.4, 0.5) is 10.5 Å². The number of benzene rings is 2. The number of fused-ring (bicyclic) bond motifs is 2. The smallest absolute Gasteiger partial charge is 0.409 e.